The second-order valence-electron chi connectivity index (χ2n) is 13.2. The van der Waals surface area contributed by atoms with Crippen LogP contribution in [0.4, 0.5) is 5.69 Å². The first-order valence-corrected chi connectivity index (χ1v) is 17.6. The molecule has 0 spiro atoms. The fourth-order valence-corrected chi connectivity index (χ4v) is 7.69. The summed E-state index contributed by atoms with van der Waals surface area (Å²) >= 11 is 0. The highest BCUT2D eigenvalue weighted by atomic mass is 16.5. The molecule has 0 amide bonds. The second kappa shape index (κ2) is 15.3. The number of nitrogens with zero attached hydrogens (tertiary/aromatic N) is 3. The highest BCUT2D eigenvalue weighted by molar-refractivity contribution is 5.95. The Morgan fingerprint density at radius 3 is 2.20 bits per heavy atom. The number of ether oxygens (including phenoxy) is 3. The summed E-state index contributed by atoms with van der Waals surface area (Å²) in [6, 6.07) is 31.5. The number of hydrogen-bond acceptors (Lipinski definition) is 8. The van der Waals surface area contributed by atoms with Gasteiger partial charge in [0.1, 0.15) is 18.5 Å². The molecule has 7 rings (SSSR count). The summed E-state index contributed by atoms with van der Waals surface area (Å²) in [5, 5.41) is 3.48. The van der Waals surface area contributed by atoms with Crippen LogP contribution in [0, 0.1) is 0 Å². The first-order chi connectivity index (χ1) is 24.1. The normalized spacial score (nSPS) is 18.6. The van der Waals surface area contributed by atoms with Gasteiger partial charge in [-0.05, 0) is 55.9 Å². The van der Waals surface area contributed by atoms with E-state index in [9.17, 15) is 4.79 Å². The molecule has 1 N–H and O–H groups in total. The average Bonchev–Trinajstić information content (AvgIpc) is 3.66. The number of nitrogens with one attached hydrogen (secondary N) is 1. The summed E-state index contributed by atoms with van der Waals surface area (Å²) in [4.78, 5) is 23.8. The van der Waals surface area contributed by atoms with Gasteiger partial charge in [-0.3, -0.25) is 9.80 Å². The third-order valence-corrected chi connectivity index (χ3v) is 10.2. The molecular weight excluding hydrogens is 612 g/mol. The smallest absolute Gasteiger partial charge is 0.336 e. The summed E-state index contributed by atoms with van der Waals surface area (Å²) < 4.78 is 18.4. The molecule has 1 aliphatic carbocycles. The molecule has 3 aromatic carbocycles. The van der Waals surface area contributed by atoms with Crippen LogP contribution in [0.5, 0.6) is 11.6 Å². The van der Waals surface area contributed by atoms with Gasteiger partial charge in [0, 0.05) is 55.9 Å². The molecule has 2 fully saturated rings. The average molecular weight is 659 g/mol. The number of fused-ring (bicyclic) bond motifs is 1. The fraction of sp³-hybridized carbons (Fsp3) is 0.366. The first kappa shape index (κ1) is 32.9. The van der Waals surface area contributed by atoms with Crippen LogP contribution < -0.4 is 14.8 Å². The number of carbonyl (C=O) groups is 1. The Hall–Kier alpha value is -4.66. The summed E-state index contributed by atoms with van der Waals surface area (Å²) in [6.45, 7) is 6.59. The van der Waals surface area contributed by atoms with E-state index in [2.05, 4.69) is 75.8 Å². The molecule has 8 heteroatoms. The second-order valence-corrected chi connectivity index (χ2v) is 13.2. The van der Waals surface area contributed by atoms with Crippen LogP contribution in [0.2, 0.25) is 0 Å². The Balaban J connectivity index is 1.05. The summed E-state index contributed by atoms with van der Waals surface area (Å²) in [5.74, 6) is 0.472. The number of hydrogen-bond donors (Lipinski definition) is 1. The zero-order valence-electron chi connectivity index (χ0n) is 28.5. The van der Waals surface area contributed by atoms with Gasteiger partial charge >= 0.3 is 5.97 Å². The number of rotatable bonds is 11. The molecular formula is C41H46N4O4. The molecule has 4 aromatic rings. The van der Waals surface area contributed by atoms with Crippen LogP contribution in [0.25, 0.3) is 0 Å². The molecule has 3 heterocycles. The van der Waals surface area contributed by atoms with Crippen LogP contribution >= 0.6 is 0 Å². The zero-order valence-corrected chi connectivity index (χ0v) is 28.5. The number of para-hydroxylation sites is 1. The van der Waals surface area contributed by atoms with Gasteiger partial charge in [-0.1, -0.05) is 78.9 Å². The van der Waals surface area contributed by atoms with E-state index in [1.165, 1.54) is 11.1 Å². The molecule has 1 aromatic heterocycles. The Bertz CT molecular complexity index is 1710. The maximum atomic E-state index is 14.1. The van der Waals surface area contributed by atoms with Crippen LogP contribution in [0.3, 0.4) is 0 Å². The van der Waals surface area contributed by atoms with Crippen molar-refractivity contribution in [1.29, 1.82) is 0 Å². The third kappa shape index (κ3) is 7.21. The van der Waals surface area contributed by atoms with E-state index >= 15 is 0 Å². The monoisotopic (exact) mass is 658 g/mol. The lowest BCUT2D eigenvalue weighted by Gasteiger charge is -2.39. The number of aromatic nitrogens is 1. The molecule has 2 aliphatic heterocycles. The Morgan fingerprint density at radius 2 is 1.53 bits per heavy atom. The van der Waals surface area contributed by atoms with E-state index in [1.54, 1.807) is 13.3 Å². The van der Waals surface area contributed by atoms with E-state index in [0.29, 0.717) is 30.4 Å². The Labute approximate surface area is 289 Å². The number of carbonyl (C=O) groups excluding carboxylic acids is 1. The molecule has 8 nitrogen and oxygen atoms in total. The van der Waals surface area contributed by atoms with Crippen molar-refractivity contribution in [3.8, 4) is 11.6 Å². The lowest BCUT2D eigenvalue weighted by molar-refractivity contribution is -0.139. The lowest BCUT2D eigenvalue weighted by Crippen LogP contribution is -2.48. The van der Waals surface area contributed by atoms with Crippen molar-refractivity contribution in [2.24, 2.45) is 0 Å². The van der Waals surface area contributed by atoms with Crippen molar-refractivity contribution in [3.05, 3.63) is 131 Å². The van der Waals surface area contributed by atoms with Crippen molar-refractivity contribution in [1.82, 2.24) is 14.8 Å². The minimum absolute atomic E-state index is 0.121. The topological polar surface area (TPSA) is 76.2 Å². The first-order valence-electron chi connectivity index (χ1n) is 17.6. The number of piperazine rings is 1. The minimum Gasteiger partial charge on any atom is -0.496 e. The van der Waals surface area contributed by atoms with E-state index < -0.39 is 5.92 Å². The number of benzene rings is 3. The predicted octanol–water partition coefficient (Wildman–Crippen LogP) is 7.19. The molecule has 49 heavy (non-hydrogen) atoms. The minimum atomic E-state index is -0.457. The van der Waals surface area contributed by atoms with Gasteiger partial charge in [-0.15, -0.1) is 0 Å². The van der Waals surface area contributed by atoms with Gasteiger partial charge in [0.2, 0.25) is 5.88 Å². The van der Waals surface area contributed by atoms with Gasteiger partial charge in [0.15, 0.2) is 0 Å². The van der Waals surface area contributed by atoms with Crippen molar-refractivity contribution in [3.63, 3.8) is 0 Å². The number of anilines is 1. The highest BCUT2D eigenvalue weighted by Crippen LogP contribution is 2.48. The van der Waals surface area contributed by atoms with Gasteiger partial charge in [-0.2, -0.15) is 0 Å². The number of allylic oxidation sites excluding steroid dienone is 1. The molecule has 1 saturated carbocycles. The van der Waals surface area contributed by atoms with Gasteiger partial charge in [0.05, 0.1) is 30.2 Å². The zero-order chi connectivity index (χ0) is 33.6. The maximum absolute atomic E-state index is 14.1. The van der Waals surface area contributed by atoms with Gasteiger partial charge in [-0.25, -0.2) is 9.78 Å². The number of esters is 1. The molecule has 0 radical (unpaired) electrons. The van der Waals surface area contributed by atoms with Crippen LogP contribution in [0.15, 0.2) is 108 Å². The van der Waals surface area contributed by atoms with Crippen LogP contribution in [-0.2, 0) is 9.53 Å². The molecule has 1 unspecified atom stereocenters. The summed E-state index contributed by atoms with van der Waals surface area (Å²) in [7, 11) is 1.66. The number of methoxy groups -OCH3 is 1. The third-order valence-electron chi connectivity index (χ3n) is 10.2. The molecule has 1 atom stereocenters. The van der Waals surface area contributed by atoms with Gasteiger partial charge < -0.3 is 19.5 Å². The van der Waals surface area contributed by atoms with Crippen molar-refractivity contribution < 1.29 is 19.0 Å². The summed E-state index contributed by atoms with van der Waals surface area (Å²) in [5.41, 5.74) is 6.53. The molecule has 254 valence electrons. The quantitative estimate of drug-likeness (QED) is 0.170. The van der Waals surface area contributed by atoms with E-state index in [0.717, 1.165) is 74.4 Å². The van der Waals surface area contributed by atoms with E-state index in [1.807, 2.05) is 37.3 Å². The van der Waals surface area contributed by atoms with E-state index in [-0.39, 0.29) is 18.1 Å². The van der Waals surface area contributed by atoms with Crippen molar-refractivity contribution >= 4 is 11.7 Å². The largest absolute Gasteiger partial charge is 0.496 e. The number of pyridine rings is 1. The lowest BCUT2D eigenvalue weighted by atomic mass is 9.80. The highest BCUT2D eigenvalue weighted by Gasteiger charge is 2.38. The maximum Gasteiger partial charge on any atom is 0.336 e. The van der Waals surface area contributed by atoms with Crippen molar-refractivity contribution in [2.75, 3.05) is 51.8 Å². The van der Waals surface area contributed by atoms with Crippen LogP contribution in [-0.4, -0.2) is 73.3 Å². The summed E-state index contributed by atoms with van der Waals surface area (Å²) in [6.07, 6.45) is 6.22. The van der Waals surface area contributed by atoms with Crippen LogP contribution in [0.1, 0.15) is 66.8 Å². The fourth-order valence-electron chi connectivity index (χ4n) is 7.69. The van der Waals surface area contributed by atoms with Crippen molar-refractivity contribution in [2.45, 2.75) is 50.7 Å². The predicted molar refractivity (Wildman–Crippen MR) is 192 cm³/mol. The SMILES string of the molecule is COc1ccccc1C1C(C(=O)OCCN2CCN(C(c3ccccc3)c3ccccc3)CC2)=C(C)Nc2ccnc(OC3CCCC3)c21. The molecule has 0 bridgehead atoms. The Kier molecular flexibility index (Phi) is 10.2. The standard InChI is InChI=1S/C41H46N4O4/c1-29-36(37(33-19-11-12-20-35(33)47-2)38-34(43-29)21-22-42-40(38)49-32-17-9-10-18-32)41(46)48-28-27-44-23-25-45(26-24-44)39(30-13-5-3-6-14-30)31-15-7-4-8-16-31/h3-8,11-16,19-22,32,37,39,43H,9-10,17-18,23-28H2,1-2H3. The van der Waals surface area contributed by atoms with E-state index in [4.69, 9.17) is 19.2 Å². The van der Waals surface area contributed by atoms with Gasteiger partial charge in [0.25, 0.3) is 0 Å². The molecule has 3 aliphatic rings. The molecule has 1 saturated heterocycles. The Morgan fingerprint density at radius 1 is 0.878 bits per heavy atom.